The van der Waals surface area contributed by atoms with E-state index in [0.29, 0.717) is 12.1 Å². The third-order valence-electron chi connectivity index (χ3n) is 10.3. The number of carbonyl (C=O) groups is 1. The van der Waals surface area contributed by atoms with Gasteiger partial charge in [-0.05, 0) is 64.2 Å². The molecule has 1 amide bonds. The lowest BCUT2D eigenvalue weighted by Gasteiger charge is -2.44. The molecule has 2 heterocycles. The number of nitrogens with one attached hydrogen (secondary N) is 1. The van der Waals surface area contributed by atoms with Gasteiger partial charge in [-0.3, -0.25) is 19.8 Å². The van der Waals surface area contributed by atoms with Gasteiger partial charge in [0, 0.05) is 74.1 Å². The number of aliphatic hydroxyl groups excluding tert-OH is 1. The molecule has 0 radical (unpaired) electrons. The zero-order valence-corrected chi connectivity index (χ0v) is 29.7. The molecule has 0 saturated carbocycles. The number of non-ortho nitro benzene ring substituents is 1. The van der Waals surface area contributed by atoms with Gasteiger partial charge < -0.3 is 24.8 Å². The number of nitrogens with zero attached hydrogens (tertiary/aromatic N) is 3. The van der Waals surface area contributed by atoms with E-state index in [1.165, 1.54) is 0 Å². The SMILES string of the molecule is C[C@@H]1[C@H](CN2CCN(c3ccc([N+](=O)[O-])cc3)CC2)O[C@H](c2cccc(-c3cccc(CNC(=O)c4ccccc4)c3)c2)O[C@@H]1c1ccc(CO)cc1. The molecule has 5 aromatic rings. The summed E-state index contributed by atoms with van der Waals surface area (Å²) in [7, 11) is 0. The topological polar surface area (TPSA) is 117 Å². The first-order chi connectivity index (χ1) is 25.8. The number of hydrogen-bond donors (Lipinski definition) is 2. The third kappa shape index (κ3) is 8.64. The van der Waals surface area contributed by atoms with Crippen LogP contribution in [0.2, 0.25) is 0 Å². The van der Waals surface area contributed by atoms with Crippen molar-refractivity contribution >= 4 is 17.3 Å². The number of ether oxygens (including phenoxy) is 2. The molecule has 0 unspecified atom stereocenters. The number of amides is 1. The molecule has 10 nitrogen and oxygen atoms in total. The van der Waals surface area contributed by atoms with Crippen molar-refractivity contribution in [2.24, 2.45) is 5.92 Å². The van der Waals surface area contributed by atoms with Gasteiger partial charge in [-0.15, -0.1) is 0 Å². The Kier molecular flexibility index (Phi) is 11.2. The average Bonchev–Trinajstić information content (AvgIpc) is 3.21. The fourth-order valence-corrected chi connectivity index (χ4v) is 7.16. The number of anilines is 1. The lowest BCUT2D eigenvalue weighted by Crippen LogP contribution is -2.51. The molecule has 2 fully saturated rings. The Morgan fingerprint density at radius 1 is 0.792 bits per heavy atom. The zero-order valence-electron chi connectivity index (χ0n) is 29.7. The lowest BCUT2D eigenvalue weighted by atomic mass is 9.89. The van der Waals surface area contributed by atoms with E-state index in [2.05, 4.69) is 46.3 Å². The second kappa shape index (κ2) is 16.5. The minimum absolute atomic E-state index is 0.0189. The maximum atomic E-state index is 12.7. The number of benzene rings is 5. The predicted octanol–water partition coefficient (Wildman–Crippen LogP) is 7.30. The Balaban J connectivity index is 1.07. The summed E-state index contributed by atoms with van der Waals surface area (Å²) in [6, 6.07) is 40.4. The number of aliphatic hydroxyl groups is 1. The highest BCUT2D eigenvalue weighted by Crippen LogP contribution is 2.42. The Morgan fingerprint density at radius 3 is 2.19 bits per heavy atom. The summed E-state index contributed by atoms with van der Waals surface area (Å²) in [6.07, 6.45) is -0.955. The van der Waals surface area contributed by atoms with Gasteiger partial charge in [-0.25, -0.2) is 0 Å². The maximum Gasteiger partial charge on any atom is 0.269 e. The molecule has 0 spiro atoms. The number of nitro benzene ring substituents is 1. The van der Waals surface area contributed by atoms with Crippen molar-refractivity contribution in [2.45, 2.75) is 38.6 Å². The molecular weight excluding hydrogens is 668 g/mol. The number of nitro groups is 1. The Hall–Kier alpha value is -5.39. The van der Waals surface area contributed by atoms with Gasteiger partial charge in [-0.2, -0.15) is 0 Å². The molecular formula is C43H44N4O6. The number of carbonyl (C=O) groups excluding carboxylic acids is 1. The molecule has 2 N–H and O–H groups in total. The number of hydrogen-bond acceptors (Lipinski definition) is 8. The van der Waals surface area contributed by atoms with Crippen LogP contribution in [0.25, 0.3) is 11.1 Å². The van der Waals surface area contributed by atoms with E-state index in [0.717, 1.165) is 71.8 Å². The molecule has 10 heteroatoms. The van der Waals surface area contributed by atoms with Gasteiger partial charge in [0.25, 0.3) is 11.6 Å². The highest BCUT2D eigenvalue weighted by molar-refractivity contribution is 5.94. The maximum absolute atomic E-state index is 12.7. The van der Waals surface area contributed by atoms with Crippen LogP contribution in [-0.4, -0.2) is 59.7 Å². The largest absolute Gasteiger partial charge is 0.392 e. The van der Waals surface area contributed by atoms with Crippen molar-refractivity contribution in [3.05, 3.63) is 165 Å². The molecule has 272 valence electrons. The monoisotopic (exact) mass is 712 g/mol. The van der Waals surface area contributed by atoms with Crippen LogP contribution in [0.3, 0.4) is 0 Å². The van der Waals surface area contributed by atoms with Crippen LogP contribution < -0.4 is 10.2 Å². The zero-order chi connectivity index (χ0) is 36.7. The molecule has 0 bridgehead atoms. The summed E-state index contributed by atoms with van der Waals surface area (Å²) in [5, 5.41) is 23.8. The summed E-state index contributed by atoms with van der Waals surface area (Å²) in [5.41, 5.74) is 7.56. The Labute approximate surface area is 309 Å². The van der Waals surface area contributed by atoms with Gasteiger partial charge in [0.2, 0.25) is 0 Å². The summed E-state index contributed by atoms with van der Waals surface area (Å²) in [4.78, 5) is 28.1. The molecule has 53 heavy (non-hydrogen) atoms. The van der Waals surface area contributed by atoms with Gasteiger partial charge >= 0.3 is 0 Å². The molecule has 2 saturated heterocycles. The van der Waals surface area contributed by atoms with Crippen LogP contribution >= 0.6 is 0 Å². The lowest BCUT2D eigenvalue weighted by molar-refractivity contribution is -0.384. The minimum atomic E-state index is -0.603. The van der Waals surface area contributed by atoms with E-state index in [4.69, 9.17) is 9.47 Å². The molecule has 5 aromatic carbocycles. The van der Waals surface area contributed by atoms with Gasteiger partial charge in [0.05, 0.1) is 23.7 Å². The quantitative estimate of drug-likeness (QED) is 0.108. The molecule has 0 aromatic heterocycles. The highest BCUT2D eigenvalue weighted by Gasteiger charge is 2.39. The third-order valence-corrected chi connectivity index (χ3v) is 10.3. The first-order valence-electron chi connectivity index (χ1n) is 18.1. The van der Waals surface area contributed by atoms with Crippen molar-refractivity contribution in [3.63, 3.8) is 0 Å². The van der Waals surface area contributed by atoms with Crippen LogP contribution in [0.1, 0.15) is 51.9 Å². The smallest absolute Gasteiger partial charge is 0.269 e. The summed E-state index contributed by atoms with van der Waals surface area (Å²) >= 11 is 0. The first kappa shape index (κ1) is 36.0. The predicted molar refractivity (Wildman–Crippen MR) is 204 cm³/mol. The molecule has 2 aliphatic rings. The van der Waals surface area contributed by atoms with Crippen LogP contribution in [0.15, 0.2) is 127 Å². The van der Waals surface area contributed by atoms with Crippen LogP contribution in [-0.2, 0) is 22.6 Å². The van der Waals surface area contributed by atoms with E-state index in [1.54, 1.807) is 24.3 Å². The molecule has 0 aliphatic carbocycles. The number of piperazine rings is 1. The molecule has 7 rings (SSSR count). The van der Waals surface area contributed by atoms with Gasteiger partial charge in [-0.1, -0.05) is 85.8 Å². The van der Waals surface area contributed by atoms with Crippen molar-refractivity contribution in [3.8, 4) is 11.1 Å². The second-order valence-electron chi connectivity index (χ2n) is 13.8. The Bertz CT molecular complexity index is 2000. The average molecular weight is 713 g/mol. The minimum Gasteiger partial charge on any atom is -0.392 e. The van der Waals surface area contributed by atoms with E-state index in [9.17, 15) is 20.0 Å². The van der Waals surface area contributed by atoms with E-state index in [-0.39, 0.29) is 41.3 Å². The fraction of sp³-hybridized carbons (Fsp3) is 0.279. The summed E-state index contributed by atoms with van der Waals surface area (Å²) < 4.78 is 13.6. The van der Waals surface area contributed by atoms with Crippen LogP contribution in [0.5, 0.6) is 0 Å². The normalized spacial score (nSPS) is 20.5. The van der Waals surface area contributed by atoms with Crippen molar-refractivity contribution in [1.82, 2.24) is 10.2 Å². The van der Waals surface area contributed by atoms with Gasteiger partial charge in [0.1, 0.15) is 0 Å². The Morgan fingerprint density at radius 2 is 1.49 bits per heavy atom. The summed E-state index contributed by atoms with van der Waals surface area (Å²) in [6.45, 7) is 6.59. The fourth-order valence-electron chi connectivity index (χ4n) is 7.16. The van der Waals surface area contributed by atoms with Crippen molar-refractivity contribution < 1.29 is 24.3 Å². The van der Waals surface area contributed by atoms with Crippen molar-refractivity contribution in [1.29, 1.82) is 0 Å². The van der Waals surface area contributed by atoms with E-state index in [1.807, 2.05) is 78.9 Å². The first-order valence-corrected chi connectivity index (χ1v) is 18.1. The van der Waals surface area contributed by atoms with E-state index >= 15 is 0 Å². The van der Waals surface area contributed by atoms with Crippen molar-refractivity contribution in [2.75, 3.05) is 37.6 Å². The standard InChI is InChI=1S/C43H44N4O6/c1-30-40(28-45-21-23-46(24-22-45)38-17-19-39(20-18-38)47(50)51)52-43(53-41(30)33-15-13-31(29-48)14-16-33)37-12-6-11-36(26-37)35-10-5-7-32(25-35)27-44-42(49)34-8-3-2-4-9-34/h2-20,25-26,30,40-41,43,48H,21-24,27-29H2,1H3,(H,44,49)/t30-,40+,41+,43+/m1/s1. The van der Waals surface area contributed by atoms with E-state index < -0.39 is 6.29 Å². The van der Waals surface area contributed by atoms with Gasteiger partial charge in [0.15, 0.2) is 6.29 Å². The molecule has 4 atom stereocenters. The molecule has 2 aliphatic heterocycles. The number of rotatable bonds is 11. The van der Waals surface area contributed by atoms with Crippen LogP contribution in [0.4, 0.5) is 11.4 Å². The van der Waals surface area contributed by atoms with Crippen LogP contribution in [0, 0.1) is 16.0 Å². The highest BCUT2D eigenvalue weighted by atomic mass is 16.7. The summed E-state index contributed by atoms with van der Waals surface area (Å²) in [5.74, 6) is -0.0646. The second-order valence-corrected chi connectivity index (χ2v) is 13.8.